The van der Waals surface area contributed by atoms with Crippen molar-refractivity contribution >= 4 is 27.7 Å². The number of nitrogens with two attached hydrogens (primary N) is 1. The molecule has 0 saturated heterocycles. The Bertz CT molecular complexity index is 547. The van der Waals surface area contributed by atoms with Gasteiger partial charge in [0, 0.05) is 6.07 Å². The number of carbonyl (C=O) groups is 1. The van der Waals surface area contributed by atoms with Gasteiger partial charge in [-0.15, -0.1) is 0 Å². The van der Waals surface area contributed by atoms with Crippen LogP contribution in [0.15, 0.2) is 18.2 Å². The van der Waals surface area contributed by atoms with Gasteiger partial charge in [-0.25, -0.2) is 13.9 Å². The summed E-state index contributed by atoms with van der Waals surface area (Å²) in [6.07, 6.45) is -1.14. The van der Waals surface area contributed by atoms with Crippen LogP contribution in [0, 0.1) is 5.82 Å². The van der Waals surface area contributed by atoms with Crippen molar-refractivity contribution in [2.24, 2.45) is 0 Å². The van der Waals surface area contributed by atoms with Crippen molar-refractivity contribution in [3.8, 4) is 0 Å². The lowest BCUT2D eigenvalue weighted by Crippen LogP contribution is -2.35. The lowest BCUT2D eigenvalue weighted by atomic mass is 10.3. The molecule has 18 heavy (non-hydrogen) atoms. The molecule has 0 heterocycles. The number of nitrogens with one attached hydrogen (secondary N) is 2. The summed E-state index contributed by atoms with van der Waals surface area (Å²) in [7, 11) is -4.22. The van der Waals surface area contributed by atoms with E-state index in [1.807, 2.05) is 4.72 Å². The summed E-state index contributed by atoms with van der Waals surface area (Å²) in [4.78, 5) is 10.9. The van der Waals surface area contributed by atoms with Gasteiger partial charge in [-0.2, -0.15) is 8.42 Å². The second kappa shape index (κ2) is 5.54. The van der Waals surface area contributed by atoms with Crippen molar-refractivity contribution in [1.82, 2.24) is 4.72 Å². The van der Waals surface area contributed by atoms with E-state index in [-0.39, 0.29) is 18.0 Å². The number of ether oxygens (including phenoxy) is 1. The molecular weight excluding hydrogens is 265 g/mol. The molecule has 0 unspecified atom stereocenters. The van der Waals surface area contributed by atoms with Crippen LogP contribution in [-0.2, 0) is 14.9 Å². The van der Waals surface area contributed by atoms with Crippen LogP contribution in [0.4, 0.5) is 20.6 Å². The number of hydrogen-bond acceptors (Lipinski definition) is 5. The van der Waals surface area contributed by atoms with Gasteiger partial charge in [-0.1, -0.05) is 0 Å². The Labute approximate surface area is 103 Å². The van der Waals surface area contributed by atoms with Crippen LogP contribution < -0.4 is 15.2 Å². The fourth-order valence-corrected chi connectivity index (χ4v) is 1.85. The summed E-state index contributed by atoms with van der Waals surface area (Å²) in [6.45, 7) is 1.54. The van der Waals surface area contributed by atoms with Gasteiger partial charge >= 0.3 is 16.3 Å². The predicted molar refractivity (Wildman–Crippen MR) is 63.5 cm³/mol. The highest BCUT2D eigenvalue weighted by molar-refractivity contribution is 7.91. The van der Waals surface area contributed by atoms with Crippen LogP contribution in [0.5, 0.6) is 0 Å². The number of amides is 1. The van der Waals surface area contributed by atoms with Gasteiger partial charge in [0.2, 0.25) is 0 Å². The molecular formula is C9H12FN3O4S. The maximum Gasteiger partial charge on any atom is 0.422 e. The number of benzene rings is 1. The van der Waals surface area contributed by atoms with Crippen molar-refractivity contribution in [3.05, 3.63) is 24.0 Å². The number of rotatable bonds is 4. The van der Waals surface area contributed by atoms with E-state index in [0.717, 1.165) is 12.1 Å². The van der Waals surface area contributed by atoms with Crippen LogP contribution in [-0.4, -0.2) is 21.1 Å². The molecule has 0 radical (unpaired) electrons. The van der Waals surface area contributed by atoms with Gasteiger partial charge in [0.1, 0.15) is 5.82 Å². The zero-order valence-corrected chi connectivity index (χ0v) is 10.3. The fourth-order valence-electron chi connectivity index (χ4n) is 1.06. The van der Waals surface area contributed by atoms with Crippen LogP contribution in [0.2, 0.25) is 0 Å². The first kappa shape index (κ1) is 14.0. The average molecular weight is 277 g/mol. The van der Waals surface area contributed by atoms with Crippen molar-refractivity contribution < 1.29 is 22.3 Å². The molecule has 0 saturated carbocycles. The Morgan fingerprint density at radius 3 is 2.78 bits per heavy atom. The first-order valence-electron chi connectivity index (χ1n) is 4.86. The zero-order chi connectivity index (χ0) is 13.8. The number of halogens is 1. The molecule has 0 aliphatic rings. The normalized spacial score (nSPS) is 10.8. The molecule has 1 aromatic rings. The lowest BCUT2D eigenvalue weighted by molar-refractivity contribution is 0.159. The lowest BCUT2D eigenvalue weighted by Gasteiger charge is -2.10. The zero-order valence-electron chi connectivity index (χ0n) is 9.44. The van der Waals surface area contributed by atoms with Gasteiger partial charge in [0.05, 0.1) is 18.0 Å². The Morgan fingerprint density at radius 1 is 1.50 bits per heavy atom. The molecule has 0 fully saturated rings. The second-order valence-corrected chi connectivity index (χ2v) is 4.57. The summed E-state index contributed by atoms with van der Waals surface area (Å²) in [5, 5.41) is 0. The molecule has 0 bridgehead atoms. The first-order valence-corrected chi connectivity index (χ1v) is 6.34. The molecule has 0 aromatic heterocycles. The second-order valence-electron chi connectivity index (χ2n) is 3.16. The van der Waals surface area contributed by atoms with Crippen LogP contribution >= 0.6 is 0 Å². The predicted octanol–water partition coefficient (Wildman–Crippen LogP) is 0.811. The Kier molecular flexibility index (Phi) is 4.32. The van der Waals surface area contributed by atoms with Crippen LogP contribution in [0.3, 0.4) is 0 Å². The molecule has 0 aliphatic carbocycles. The molecule has 0 spiro atoms. The summed E-state index contributed by atoms with van der Waals surface area (Å²) < 4.78 is 43.7. The maximum absolute atomic E-state index is 12.9. The number of nitrogen functional groups attached to an aromatic ring is 1. The maximum atomic E-state index is 12.9. The minimum Gasteiger partial charge on any atom is -0.449 e. The van der Waals surface area contributed by atoms with E-state index in [0.29, 0.717) is 0 Å². The van der Waals surface area contributed by atoms with E-state index in [4.69, 9.17) is 5.73 Å². The monoisotopic (exact) mass is 277 g/mol. The van der Waals surface area contributed by atoms with E-state index in [1.54, 1.807) is 4.72 Å². The third-order valence-electron chi connectivity index (χ3n) is 1.75. The molecule has 0 aliphatic heterocycles. The molecule has 1 rings (SSSR count). The van der Waals surface area contributed by atoms with E-state index in [1.165, 1.54) is 13.0 Å². The van der Waals surface area contributed by atoms with Gasteiger partial charge in [-0.3, -0.25) is 4.72 Å². The van der Waals surface area contributed by atoms with Gasteiger partial charge in [0.25, 0.3) is 0 Å². The van der Waals surface area contributed by atoms with E-state index >= 15 is 0 Å². The largest absolute Gasteiger partial charge is 0.449 e. The highest BCUT2D eigenvalue weighted by atomic mass is 32.2. The van der Waals surface area contributed by atoms with Crippen LogP contribution in [0.1, 0.15) is 6.92 Å². The van der Waals surface area contributed by atoms with Crippen molar-refractivity contribution in [1.29, 1.82) is 0 Å². The Balaban J connectivity index is 2.82. The highest BCUT2D eigenvalue weighted by Crippen LogP contribution is 2.19. The van der Waals surface area contributed by atoms with E-state index < -0.39 is 22.1 Å². The molecule has 1 aromatic carbocycles. The minimum atomic E-state index is -4.22. The first-order chi connectivity index (χ1) is 8.34. The molecule has 9 heteroatoms. The van der Waals surface area contributed by atoms with Gasteiger partial charge < -0.3 is 10.5 Å². The Morgan fingerprint density at radius 2 is 2.17 bits per heavy atom. The SMILES string of the molecule is CCOC(=O)NS(=O)(=O)Nc1cc(F)ccc1N. The van der Waals surface area contributed by atoms with E-state index in [9.17, 15) is 17.6 Å². The standard InChI is InChI=1S/C9H12FN3O4S/c1-2-17-9(14)13-18(15,16)12-8-5-6(10)3-4-7(8)11/h3-5,12H,2,11H2,1H3,(H,13,14). The van der Waals surface area contributed by atoms with E-state index in [2.05, 4.69) is 4.74 Å². The summed E-state index contributed by atoms with van der Waals surface area (Å²) >= 11 is 0. The quantitative estimate of drug-likeness (QED) is 0.705. The van der Waals surface area contributed by atoms with Crippen LogP contribution in [0.25, 0.3) is 0 Å². The van der Waals surface area contributed by atoms with Gasteiger partial charge in [-0.05, 0) is 19.1 Å². The van der Waals surface area contributed by atoms with Crippen molar-refractivity contribution in [2.45, 2.75) is 6.92 Å². The van der Waals surface area contributed by atoms with Gasteiger partial charge in [0.15, 0.2) is 0 Å². The molecule has 100 valence electrons. The molecule has 7 nitrogen and oxygen atoms in total. The molecule has 1 amide bonds. The molecule has 4 N–H and O–H groups in total. The third kappa shape index (κ3) is 4.09. The Hall–Kier alpha value is -2.03. The minimum absolute atomic E-state index is 0.0173. The summed E-state index contributed by atoms with van der Waals surface area (Å²) in [5.74, 6) is -0.668. The summed E-state index contributed by atoms with van der Waals surface area (Å²) in [6, 6.07) is 3.16. The number of anilines is 2. The topological polar surface area (TPSA) is 111 Å². The number of carbonyl (C=O) groups excluding carboxylic acids is 1. The van der Waals surface area contributed by atoms with Crippen molar-refractivity contribution in [2.75, 3.05) is 17.1 Å². The smallest absolute Gasteiger partial charge is 0.422 e. The summed E-state index contributed by atoms with van der Waals surface area (Å²) in [5.41, 5.74) is 5.29. The fraction of sp³-hybridized carbons (Fsp3) is 0.222. The highest BCUT2D eigenvalue weighted by Gasteiger charge is 2.16. The van der Waals surface area contributed by atoms with Crippen molar-refractivity contribution in [3.63, 3.8) is 0 Å². The average Bonchev–Trinajstić information content (AvgIpc) is 2.22. The number of hydrogen-bond donors (Lipinski definition) is 3. The third-order valence-corrected chi connectivity index (χ3v) is 2.68. The molecule has 0 atom stereocenters.